The number of pyridine rings is 1. The minimum absolute atomic E-state index is 0.110. The number of benzene rings is 3. The maximum atomic E-state index is 14.0. The molecule has 4 aromatic rings. The first-order valence-electron chi connectivity index (χ1n) is 11.1. The number of hydrogen-bond donors (Lipinski definition) is 0. The van der Waals surface area contributed by atoms with Gasteiger partial charge in [0, 0.05) is 26.2 Å². The highest BCUT2D eigenvalue weighted by Crippen LogP contribution is 2.45. The van der Waals surface area contributed by atoms with E-state index in [1.165, 1.54) is 0 Å². The summed E-state index contributed by atoms with van der Waals surface area (Å²) in [6.07, 6.45) is 2.78. The van der Waals surface area contributed by atoms with Gasteiger partial charge in [-0.25, -0.2) is 0 Å². The molecule has 3 atom stereocenters. The minimum atomic E-state index is -0.667. The van der Waals surface area contributed by atoms with Gasteiger partial charge in [0.15, 0.2) is 0 Å². The van der Waals surface area contributed by atoms with Crippen LogP contribution in [0, 0.1) is 3.57 Å². The highest BCUT2D eigenvalue weighted by atomic mass is 127. The molecule has 0 N–H and O–H groups in total. The van der Waals surface area contributed by atoms with Gasteiger partial charge >= 0.3 is 0 Å². The van der Waals surface area contributed by atoms with Gasteiger partial charge in [0.2, 0.25) is 0 Å². The zero-order valence-corrected chi connectivity index (χ0v) is 22.2. The average Bonchev–Trinajstić information content (AvgIpc) is 2.88. The van der Waals surface area contributed by atoms with Crippen molar-refractivity contribution in [2.24, 2.45) is 0 Å². The first-order chi connectivity index (χ1) is 17.0. The van der Waals surface area contributed by atoms with E-state index in [1.807, 2.05) is 89.8 Å². The third-order valence-electron chi connectivity index (χ3n) is 6.06. The van der Waals surface area contributed by atoms with Gasteiger partial charge in [-0.1, -0.05) is 59.6 Å². The molecule has 7 heteroatoms. The van der Waals surface area contributed by atoms with Gasteiger partial charge in [-0.05, 0) is 87.8 Å². The predicted molar refractivity (Wildman–Crippen MR) is 148 cm³/mol. The Bertz CT molecular complexity index is 1300. The van der Waals surface area contributed by atoms with Gasteiger partial charge < -0.3 is 4.74 Å². The highest BCUT2D eigenvalue weighted by molar-refractivity contribution is 14.1. The van der Waals surface area contributed by atoms with Crippen molar-refractivity contribution in [3.05, 3.63) is 128 Å². The molecule has 35 heavy (non-hydrogen) atoms. The van der Waals surface area contributed by atoms with Crippen molar-refractivity contribution in [1.82, 2.24) is 4.98 Å². The second-order valence-electron chi connectivity index (χ2n) is 8.34. The molecule has 0 aliphatic carbocycles. The van der Waals surface area contributed by atoms with Crippen molar-refractivity contribution in [1.29, 1.82) is 0 Å². The number of amides is 1. The predicted octanol–water partition coefficient (Wildman–Crippen LogP) is 7.45. The number of halogens is 3. The zero-order chi connectivity index (χ0) is 24.4. The van der Waals surface area contributed by atoms with Crippen molar-refractivity contribution in [3.63, 3.8) is 0 Å². The Hall–Kier alpha value is -2.45. The number of morpholine rings is 1. The highest BCUT2D eigenvalue weighted by Gasteiger charge is 2.44. The van der Waals surface area contributed by atoms with Gasteiger partial charge in [-0.3, -0.25) is 14.7 Å². The molecule has 3 aromatic carbocycles. The molecule has 1 aliphatic rings. The van der Waals surface area contributed by atoms with Crippen LogP contribution in [0.3, 0.4) is 0 Å². The van der Waals surface area contributed by atoms with E-state index in [2.05, 4.69) is 27.6 Å². The van der Waals surface area contributed by atoms with Crippen LogP contribution in [0.25, 0.3) is 0 Å². The van der Waals surface area contributed by atoms with Crippen molar-refractivity contribution in [3.8, 4) is 0 Å². The number of carbonyl (C=O) groups excluding carboxylic acids is 1. The molecular formula is C28H21Cl2IN2O2. The van der Waals surface area contributed by atoms with E-state index < -0.39 is 18.2 Å². The Morgan fingerprint density at radius 3 is 2.09 bits per heavy atom. The van der Waals surface area contributed by atoms with E-state index in [4.69, 9.17) is 27.9 Å². The SMILES string of the molecule is O=C1C(Cc2ccc(I)cc2)O[C@H](c2ccc(Cl)cc2)[C@H](c2ccc(Cl)cc2)N1c1cccnc1. The van der Waals surface area contributed by atoms with Gasteiger partial charge in [-0.2, -0.15) is 0 Å². The van der Waals surface area contributed by atoms with E-state index in [0.29, 0.717) is 22.2 Å². The zero-order valence-electron chi connectivity index (χ0n) is 18.5. The topological polar surface area (TPSA) is 42.4 Å². The number of ether oxygens (including phenoxy) is 1. The van der Waals surface area contributed by atoms with E-state index in [0.717, 1.165) is 20.3 Å². The summed E-state index contributed by atoms with van der Waals surface area (Å²) >= 11 is 14.7. The molecule has 4 nitrogen and oxygen atoms in total. The van der Waals surface area contributed by atoms with Crippen LogP contribution in [0.15, 0.2) is 97.3 Å². The molecule has 5 rings (SSSR count). The van der Waals surface area contributed by atoms with Crippen molar-refractivity contribution in [2.75, 3.05) is 4.90 Å². The van der Waals surface area contributed by atoms with E-state index in [9.17, 15) is 4.79 Å². The van der Waals surface area contributed by atoms with Crippen LogP contribution >= 0.6 is 45.8 Å². The summed E-state index contributed by atoms with van der Waals surface area (Å²) in [6, 6.07) is 26.6. The molecular weight excluding hydrogens is 594 g/mol. The first-order valence-corrected chi connectivity index (χ1v) is 13.0. The molecule has 1 aromatic heterocycles. The lowest BCUT2D eigenvalue weighted by molar-refractivity contribution is -0.145. The molecule has 1 saturated heterocycles. The van der Waals surface area contributed by atoms with Gasteiger partial charge in [0.05, 0.1) is 17.9 Å². The Morgan fingerprint density at radius 1 is 0.857 bits per heavy atom. The molecule has 176 valence electrons. The number of carbonyl (C=O) groups is 1. The van der Waals surface area contributed by atoms with Crippen LogP contribution in [0.5, 0.6) is 0 Å². The molecule has 2 heterocycles. The van der Waals surface area contributed by atoms with Crippen LogP contribution in [-0.4, -0.2) is 17.0 Å². The summed E-state index contributed by atoms with van der Waals surface area (Å²) in [4.78, 5) is 20.1. The van der Waals surface area contributed by atoms with Crippen molar-refractivity contribution < 1.29 is 9.53 Å². The maximum Gasteiger partial charge on any atom is 0.257 e. The van der Waals surface area contributed by atoms with Crippen LogP contribution in [0.1, 0.15) is 28.8 Å². The normalized spacial score (nSPS) is 20.1. The first kappa shape index (κ1) is 24.3. The van der Waals surface area contributed by atoms with Crippen LogP contribution in [0.4, 0.5) is 5.69 Å². The summed E-state index contributed by atoms with van der Waals surface area (Å²) < 4.78 is 7.76. The monoisotopic (exact) mass is 614 g/mol. The average molecular weight is 615 g/mol. The smallest absolute Gasteiger partial charge is 0.257 e. The summed E-state index contributed by atoms with van der Waals surface area (Å²) in [5, 5.41) is 1.27. The third kappa shape index (κ3) is 5.38. The van der Waals surface area contributed by atoms with Gasteiger partial charge in [0.25, 0.3) is 5.91 Å². The Kier molecular flexibility index (Phi) is 7.39. The molecule has 1 fully saturated rings. The van der Waals surface area contributed by atoms with Crippen LogP contribution < -0.4 is 4.90 Å². The van der Waals surface area contributed by atoms with Crippen molar-refractivity contribution >= 4 is 57.4 Å². The third-order valence-corrected chi connectivity index (χ3v) is 7.28. The number of nitrogens with zero attached hydrogens (tertiary/aromatic N) is 2. The summed E-state index contributed by atoms with van der Waals surface area (Å²) in [7, 11) is 0. The quantitative estimate of drug-likeness (QED) is 0.219. The fourth-order valence-corrected chi connectivity index (χ4v) is 5.00. The Labute approximate surface area is 228 Å². The number of rotatable bonds is 5. The van der Waals surface area contributed by atoms with Crippen molar-refractivity contribution in [2.45, 2.75) is 24.7 Å². The van der Waals surface area contributed by atoms with E-state index in [1.54, 1.807) is 12.4 Å². The molecule has 0 spiro atoms. The number of hydrogen-bond acceptors (Lipinski definition) is 3. The van der Waals surface area contributed by atoms with E-state index >= 15 is 0 Å². The molecule has 1 amide bonds. The lowest BCUT2D eigenvalue weighted by Gasteiger charge is -2.44. The molecule has 1 unspecified atom stereocenters. The second-order valence-corrected chi connectivity index (χ2v) is 10.5. The largest absolute Gasteiger partial charge is 0.358 e. The molecule has 0 saturated carbocycles. The summed E-state index contributed by atoms with van der Waals surface area (Å²) in [5.41, 5.74) is 3.60. The summed E-state index contributed by atoms with van der Waals surface area (Å²) in [5.74, 6) is -0.110. The lowest BCUT2D eigenvalue weighted by Crippen LogP contribution is -2.51. The Morgan fingerprint density at radius 2 is 1.49 bits per heavy atom. The maximum absolute atomic E-state index is 14.0. The molecule has 1 aliphatic heterocycles. The van der Waals surface area contributed by atoms with Crippen LogP contribution in [0.2, 0.25) is 10.0 Å². The minimum Gasteiger partial charge on any atom is -0.358 e. The fourth-order valence-electron chi connectivity index (χ4n) is 4.39. The standard InChI is InChI=1S/C28H21Cl2IN2O2/c29-21-9-5-19(6-10-21)26-27(20-7-11-22(30)12-8-20)35-25(16-18-3-13-23(31)14-4-18)28(34)33(26)24-2-1-15-32-17-24/h1-15,17,25-27H,16H2/t25?,26-,27+/m0/s1. The van der Waals surface area contributed by atoms with Crippen LogP contribution in [-0.2, 0) is 16.0 Å². The number of anilines is 1. The Balaban J connectivity index is 1.63. The summed E-state index contributed by atoms with van der Waals surface area (Å²) in [6.45, 7) is 0. The molecule has 0 bridgehead atoms. The van der Waals surface area contributed by atoms with Gasteiger partial charge in [-0.15, -0.1) is 0 Å². The lowest BCUT2D eigenvalue weighted by atomic mass is 9.90. The van der Waals surface area contributed by atoms with Gasteiger partial charge in [0.1, 0.15) is 12.2 Å². The number of aromatic nitrogens is 1. The fraction of sp³-hybridized carbons (Fsp3) is 0.143. The second kappa shape index (κ2) is 10.7. The molecule has 0 radical (unpaired) electrons. The van der Waals surface area contributed by atoms with E-state index in [-0.39, 0.29) is 5.91 Å².